The molecule has 0 spiro atoms. The van der Waals surface area contributed by atoms with Gasteiger partial charge < -0.3 is 10.1 Å². The Morgan fingerprint density at radius 1 is 1.15 bits per heavy atom. The number of nitriles is 1. The number of nitrogens with one attached hydrogen (secondary N) is 1. The second-order valence-corrected chi connectivity index (χ2v) is 8.81. The van der Waals surface area contributed by atoms with Crippen LogP contribution in [-0.2, 0) is 11.4 Å². The minimum atomic E-state index is -0.687. The standard InChI is InChI=1S/C23H14Br2ClN3O4/c24-20-9-15(10-21(25)22(20)33-13-14-4-6-17(26)7-5-14)8-16(12-27)23(30)28-18-2-1-3-19(11-18)29(31)32/h1-11H,13H2,(H,28,30)/b16-8+. The second-order valence-electron chi connectivity index (χ2n) is 6.66. The van der Waals surface area contributed by atoms with E-state index in [9.17, 15) is 20.2 Å². The molecule has 0 unspecified atom stereocenters. The summed E-state index contributed by atoms with van der Waals surface area (Å²) in [6, 6.07) is 18.0. The number of amides is 1. The van der Waals surface area contributed by atoms with Crippen LogP contribution in [0.5, 0.6) is 5.75 Å². The summed E-state index contributed by atoms with van der Waals surface area (Å²) >= 11 is 12.8. The van der Waals surface area contributed by atoms with E-state index in [0.29, 0.717) is 31.9 Å². The Labute approximate surface area is 211 Å². The molecule has 0 saturated carbocycles. The highest BCUT2D eigenvalue weighted by atomic mass is 79.9. The van der Waals surface area contributed by atoms with E-state index < -0.39 is 10.8 Å². The highest BCUT2D eigenvalue weighted by Crippen LogP contribution is 2.36. The topological polar surface area (TPSA) is 105 Å². The molecule has 3 aromatic rings. The number of anilines is 1. The summed E-state index contributed by atoms with van der Waals surface area (Å²) in [5.74, 6) is -0.130. The van der Waals surface area contributed by atoms with Crippen molar-refractivity contribution in [3.63, 3.8) is 0 Å². The maximum atomic E-state index is 12.5. The second kappa shape index (κ2) is 11.1. The number of carbonyl (C=O) groups excluding carboxylic acids is 1. The van der Waals surface area contributed by atoms with Crippen LogP contribution in [0.1, 0.15) is 11.1 Å². The van der Waals surface area contributed by atoms with Crippen LogP contribution in [0.4, 0.5) is 11.4 Å². The Bertz CT molecular complexity index is 1260. The maximum Gasteiger partial charge on any atom is 0.271 e. The first-order valence-electron chi connectivity index (χ1n) is 9.30. The molecule has 33 heavy (non-hydrogen) atoms. The van der Waals surface area contributed by atoms with E-state index in [1.807, 2.05) is 18.2 Å². The summed E-state index contributed by atoms with van der Waals surface area (Å²) in [5.41, 5.74) is 1.38. The number of nitro groups is 1. The first-order chi connectivity index (χ1) is 15.8. The third-order valence-corrected chi connectivity index (χ3v) is 5.74. The molecule has 10 heteroatoms. The molecule has 0 aliphatic carbocycles. The fraction of sp³-hybridized carbons (Fsp3) is 0.0435. The number of non-ortho nitro benzene ring substituents is 1. The Kier molecular flexibility index (Phi) is 8.22. The van der Waals surface area contributed by atoms with Gasteiger partial charge >= 0.3 is 0 Å². The van der Waals surface area contributed by atoms with E-state index in [4.69, 9.17) is 16.3 Å². The summed E-state index contributed by atoms with van der Waals surface area (Å²) in [6.45, 7) is 0.318. The number of nitrogens with zero attached hydrogens (tertiary/aromatic N) is 2. The van der Waals surface area contributed by atoms with Crippen molar-refractivity contribution in [2.75, 3.05) is 5.32 Å². The minimum absolute atomic E-state index is 0.169. The average molecular weight is 592 g/mol. The molecule has 0 bridgehead atoms. The fourth-order valence-corrected chi connectivity index (χ4v) is 4.32. The van der Waals surface area contributed by atoms with Crippen LogP contribution in [0.2, 0.25) is 5.02 Å². The minimum Gasteiger partial charge on any atom is -0.487 e. The third kappa shape index (κ3) is 6.65. The van der Waals surface area contributed by atoms with Crippen LogP contribution >= 0.6 is 43.5 Å². The lowest BCUT2D eigenvalue weighted by molar-refractivity contribution is -0.384. The number of hydrogen-bond donors (Lipinski definition) is 1. The molecule has 0 aliphatic rings. The van der Waals surface area contributed by atoms with Gasteiger partial charge in [0, 0.05) is 22.8 Å². The van der Waals surface area contributed by atoms with E-state index in [1.165, 1.54) is 30.3 Å². The van der Waals surface area contributed by atoms with Gasteiger partial charge in [0.15, 0.2) is 0 Å². The average Bonchev–Trinajstić information content (AvgIpc) is 2.78. The van der Waals surface area contributed by atoms with Crippen LogP contribution in [-0.4, -0.2) is 10.8 Å². The highest BCUT2D eigenvalue weighted by Gasteiger charge is 2.14. The lowest BCUT2D eigenvalue weighted by atomic mass is 10.1. The smallest absolute Gasteiger partial charge is 0.271 e. The van der Waals surface area contributed by atoms with E-state index in [2.05, 4.69) is 37.2 Å². The third-order valence-electron chi connectivity index (χ3n) is 4.31. The molecule has 3 rings (SSSR count). The van der Waals surface area contributed by atoms with E-state index >= 15 is 0 Å². The van der Waals surface area contributed by atoms with E-state index in [1.54, 1.807) is 24.3 Å². The number of benzene rings is 3. The van der Waals surface area contributed by atoms with Gasteiger partial charge in [0.1, 0.15) is 24.0 Å². The Balaban J connectivity index is 1.77. The molecule has 3 aromatic carbocycles. The van der Waals surface area contributed by atoms with Gasteiger partial charge in [-0.2, -0.15) is 5.26 Å². The molecular formula is C23H14Br2ClN3O4. The Morgan fingerprint density at radius 3 is 2.42 bits per heavy atom. The van der Waals surface area contributed by atoms with Crippen molar-refractivity contribution >= 4 is 66.8 Å². The fourth-order valence-electron chi connectivity index (χ4n) is 2.75. The molecule has 0 heterocycles. The first kappa shape index (κ1) is 24.5. The predicted octanol–water partition coefficient (Wildman–Crippen LogP) is 6.90. The summed E-state index contributed by atoms with van der Waals surface area (Å²) in [4.78, 5) is 22.9. The number of nitro benzene ring substituents is 1. The number of rotatable bonds is 7. The first-order valence-corrected chi connectivity index (χ1v) is 11.3. The number of carbonyl (C=O) groups is 1. The molecule has 166 valence electrons. The summed E-state index contributed by atoms with van der Waals surface area (Å²) in [6.07, 6.45) is 1.41. The Hall–Kier alpha value is -3.19. The van der Waals surface area contributed by atoms with E-state index in [-0.39, 0.29) is 16.9 Å². The van der Waals surface area contributed by atoms with Crippen molar-refractivity contribution in [1.29, 1.82) is 5.26 Å². The zero-order valence-electron chi connectivity index (χ0n) is 16.7. The van der Waals surface area contributed by atoms with Gasteiger partial charge in [0.05, 0.1) is 13.9 Å². The van der Waals surface area contributed by atoms with Crippen LogP contribution in [0.3, 0.4) is 0 Å². The lowest BCUT2D eigenvalue weighted by Gasteiger charge is -2.12. The van der Waals surface area contributed by atoms with Gasteiger partial charge in [-0.1, -0.05) is 29.8 Å². The van der Waals surface area contributed by atoms with Crippen molar-refractivity contribution in [3.8, 4) is 11.8 Å². The highest BCUT2D eigenvalue weighted by molar-refractivity contribution is 9.11. The molecule has 0 atom stereocenters. The van der Waals surface area contributed by atoms with Gasteiger partial charge in [-0.05, 0) is 79.4 Å². The maximum absolute atomic E-state index is 12.5. The summed E-state index contributed by atoms with van der Waals surface area (Å²) < 4.78 is 7.12. The molecule has 0 fully saturated rings. The quantitative estimate of drug-likeness (QED) is 0.139. The number of hydrogen-bond acceptors (Lipinski definition) is 5. The summed E-state index contributed by atoms with van der Waals surface area (Å²) in [5, 5.41) is 23.5. The Morgan fingerprint density at radius 2 is 1.82 bits per heavy atom. The van der Waals surface area contributed by atoms with Crippen molar-refractivity contribution in [3.05, 3.63) is 101 Å². The van der Waals surface area contributed by atoms with Crippen LogP contribution in [0.15, 0.2) is 75.2 Å². The van der Waals surface area contributed by atoms with Crippen molar-refractivity contribution < 1.29 is 14.5 Å². The molecule has 7 nitrogen and oxygen atoms in total. The molecule has 0 saturated heterocycles. The SMILES string of the molecule is N#C/C(=C\c1cc(Br)c(OCc2ccc(Cl)cc2)c(Br)c1)C(=O)Nc1cccc([N+](=O)[O-])c1. The normalized spacial score (nSPS) is 10.9. The monoisotopic (exact) mass is 589 g/mol. The van der Waals surface area contributed by atoms with Gasteiger partial charge in [0.25, 0.3) is 11.6 Å². The largest absolute Gasteiger partial charge is 0.487 e. The molecule has 0 aliphatic heterocycles. The predicted molar refractivity (Wildman–Crippen MR) is 133 cm³/mol. The number of halogens is 3. The zero-order chi connectivity index (χ0) is 24.0. The summed E-state index contributed by atoms with van der Waals surface area (Å²) in [7, 11) is 0. The van der Waals surface area contributed by atoms with Gasteiger partial charge in [-0.3, -0.25) is 14.9 Å². The van der Waals surface area contributed by atoms with Gasteiger partial charge in [0.2, 0.25) is 0 Å². The van der Waals surface area contributed by atoms with Crippen LogP contribution in [0.25, 0.3) is 6.08 Å². The number of ether oxygens (including phenoxy) is 1. The lowest BCUT2D eigenvalue weighted by Crippen LogP contribution is -2.13. The molecule has 0 radical (unpaired) electrons. The van der Waals surface area contributed by atoms with Crippen molar-refractivity contribution in [1.82, 2.24) is 0 Å². The molecule has 0 aromatic heterocycles. The van der Waals surface area contributed by atoms with Gasteiger partial charge in [-0.15, -0.1) is 0 Å². The van der Waals surface area contributed by atoms with Gasteiger partial charge in [-0.25, -0.2) is 0 Å². The van der Waals surface area contributed by atoms with Crippen LogP contribution < -0.4 is 10.1 Å². The molecule has 1 N–H and O–H groups in total. The van der Waals surface area contributed by atoms with Crippen molar-refractivity contribution in [2.24, 2.45) is 0 Å². The molecule has 1 amide bonds. The van der Waals surface area contributed by atoms with Crippen LogP contribution in [0, 0.1) is 21.4 Å². The van der Waals surface area contributed by atoms with E-state index in [0.717, 1.165) is 5.56 Å². The van der Waals surface area contributed by atoms with Crippen molar-refractivity contribution in [2.45, 2.75) is 6.61 Å². The zero-order valence-corrected chi connectivity index (χ0v) is 20.6. The molecular weight excluding hydrogens is 578 g/mol.